The summed E-state index contributed by atoms with van der Waals surface area (Å²) in [5, 5.41) is 0. The van der Waals surface area contributed by atoms with Crippen LogP contribution in [0.15, 0.2) is 0 Å². The van der Waals surface area contributed by atoms with Gasteiger partial charge in [-0.25, -0.2) is 0 Å². The van der Waals surface area contributed by atoms with Crippen molar-refractivity contribution < 1.29 is 9.59 Å². The number of Topliss-reactive ketones (excluding diaryl/α,β-unsaturated/α-hetero) is 2. The Balaban J connectivity index is 1.63. The number of hydrogen-bond acceptors (Lipinski definition) is 2. The fraction of sp³-hybridized carbons (Fsp3) is 0.875. The summed E-state index contributed by atoms with van der Waals surface area (Å²) in [6.45, 7) is 0. The van der Waals surface area contributed by atoms with Gasteiger partial charge in [0.1, 0.15) is 11.6 Å². The first-order valence-corrected chi connectivity index (χ1v) is 7.79. The van der Waals surface area contributed by atoms with E-state index in [1.807, 2.05) is 0 Å². The van der Waals surface area contributed by atoms with Crippen LogP contribution >= 0.6 is 0 Å². The minimum absolute atomic E-state index is 0.259. The third-order valence-electron chi connectivity index (χ3n) is 5.85. The van der Waals surface area contributed by atoms with Crippen LogP contribution in [0.1, 0.15) is 70.6 Å². The van der Waals surface area contributed by atoms with Crippen LogP contribution in [-0.4, -0.2) is 11.6 Å². The molecule has 3 aliphatic rings. The summed E-state index contributed by atoms with van der Waals surface area (Å²) in [4.78, 5) is 24.0. The first-order valence-electron chi connectivity index (χ1n) is 7.79. The maximum atomic E-state index is 12.0. The molecule has 2 nitrogen and oxygen atoms in total. The zero-order chi connectivity index (χ0) is 12.6. The van der Waals surface area contributed by atoms with Crippen molar-refractivity contribution in [1.82, 2.24) is 0 Å². The molecule has 1 spiro atoms. The lowest BCUT2D eigenvalue weighted by molar-refractivity contribution is -0.138. The molecule has 0 heterocycles. The van der Waals surface area contributed by atoms with Gasteiger partial charge in [0.25, 0.3) is 0 Å². The predicted octanol–water partition coefficient (Wildman–Crippen LogP) is 3.68. The van der Waals surface area contributed by atoms with Crippen LogP contribution in [0.25, 0.3) is 0 Å². The Morgan fingerprint density at radius 3 is 1.78 bits per heavy atom. The topological polar surface area (TPSA) is 34.1 Å². The van der Waals surface area contributed by atoms with Gasteiger partial charge < -0.3 is 0 Å². The quantitative estimate of drug-likeness (QED) is 0.663. The summed E-state index contributed by atoms with van der Waals surface area (Å²) in [6, 6.07) is 0. The predicted molar refractivity (Wildman–Crippen MR) is 70.2 cm³/mol. The van der Waals surface area contributed by atoms with Crippen LogP contribution in [0.2, 0.25) is 0 Å². The Morgan fingerprint density at radius 2 is 1.22 bits per heavy atom. The molecule has 0 aliphatic heterocycles. The van der Waals surface area contributed by atoms with Crippen LogP contribution in [0.4, 0.5) is 0 Å². The minimum Gasteiger partial charge on any atom is -0.299 e. The van der Waals surface area contributed by atoms with E-state index in [1.165, 1.54) is 32.1 Å². The van der Waals surface area contributed by atoms with Crippen molar-refractivity contribution >= 4 is 11.6 Å². The summed E-state index contributed by atoms with van der Waals surface area (Å²) < 4.78 is 0. The Kier molecular flexibility index (Phi) is 3.29. The normalized spacial score (nSPS) is 30.2. The van der Waals surface area contributed by atoms with Crippen molar-refractivity contribution in [3.05, 3.63) is 0 Å². The molecule has 18 heavy (non-hydrogen) atoms. The molecule has 2 heteroatoms. The molecule has 3 fully saturated rings. The fourth-order valence-corrected chi connectivity index (χ4v) is 4.63. The lowest BCUT2D eigenvalue weighted by atomic mass is 9.64. The first-order chi connectivity index (χ1) is 8.72. The van der Waals surface area contributed by atoms with E-state index in [9.17, 15) is 9.59 Å². The third kappa shape index (κ3) is 1.94. The smallest absolute Gasteiger partial charge is 0.146 e. The van der Waals surface area contributed by atoms with Gasteiger partial charge >= 0.3 is 0 Å². The van der Waals surface area contributed by atoms with Gasteiger partial charge in [-0.05, 0) is 37.5 Å². The average Bonchev–Trinajstić information content (AvgIpc) is 2.70. The van der Waals surface area contributed by atoms with E-state index in [0.29, 0.717) is 12.8 Å². The van der Waals surface area contributed by atoms with Crippen LogP contribution < -0.4 is 0 Å². The van der Waals surface area contributed by atoms with E-state index in [2.05, 4.69) is 0 Å². The largest absolute Gasteiger partial charge is 0.299 e. The lowest BCUT2D eigenvalue weighted by Gasteiger charge is -2.39. The molecule has 0 atom stereocenters. The average molecular weight is 248 g/mol. The van der Waals surface area contributed by atoms with E-state index in [4.69, 9.17) is 0 Å². The van der Waals surface area contributed by atoms with Gasteiger partial charge in [0.15, 0.2) is 0 Å². The summed E-state index contributed by atoms with van der Waals surface area (Å²) in [5.74, 6) is 2.21. The summed E-state index contributed by atoms with van der Waals surface area (Å²) >= 11 is 0. The van der Waals surface area contributed by atoms with Crippen molar-refractivity contribution in [3.63, 3.8) is 0 Å². The van der Waals surface area contributed by atoms with E-state index in [-0.39, 0.29) is 11.6 Å². The second-order valence-corrected chi connectivity index (χ2v) is 6.66. The minimum atomic E-state index is -0.509. The van der Waals surface area contributed by atoms with Crippen molar-refractivity contribution in [2.24, 2.45) is 17.3 Å². The monoisotopic (exact) mass is 248 g/mol. The molecule has 3 aliphatic carbocycles. The maximum absolute atomic E-state index is 12.0. The van der Waals surface area contributed by atoms with E-state index < -0.39 is 5.41 Å². The number of ketones is 2. The van der Waals surface area contributed by atoms with Crippen molar-refractivity contribution in [2.45, 2.75) is 70.6 Å². The Labute approximate surface area is 110 Å². The molecule has 0 radical (unpaired) electrons. The molecule has 0 unspecified atom stereocenters. The molecular weight excluding hydrogens is 224 g/mol. The fourth-order valence-electron chi connectivity index (χ4n) is 4.63. The van der Waals surface area contributed by atoms with Gasteiger partial charge in [-0.15, -0.1) is 0 Å². The summed E-state index contributed by atoms with van der Waals surface area (Å²) in [6.07, 6.45) is 12.0. The van der Waals surface area contributed by atoms with Gasteiger partial charge in [-0.3, -0.25) is 9.59 Å². The number of carbonyl (C=O) groups is 2. The van der Waals surface area contributed by atoms with Crippen LogP contribution in [-0.2, 0) is 9.59 Å². The maximum Gasteiger partial charge on any atom is 0.146 e. The van der Waals surface area contributed by atoms with Gasteiger partial charge in [0.2, 0.25) is 0 Å². The van der Waals surface area contributed by atoms with Gasteiger partial charge in [0.05, 0.1) is 5.41 Å². The molecule has 0 aromatic rings. The van der Waals surface area contributed by atoms with E-state index >= 15 is 0 Å². The number of carbonyl (C=O) groups excluding carboxylic acids is 2. The van der Waals surface area contributed by atoms with Gasteiger partial charge in [0, 0.05) is 12.8 Å². The summed E-state index contributed by atoms with van der Waals surface area (Å²) in [7, 11) is 0. The zero-order valence-electron chi connectivity index (χ0n) is 11.2. The van der Waals surface area contributed by atoms with E-state index in [1.54, 1.807) is 0 Å². The van der Waals surface area contributed by atoms with Crippen molar-refractivity contribution in [3.8, 4) is 0 Å². The van der Waals surface area contributed by atoms with Crippen LogP contribution in [0.3, 0.4) is 0 Å². The molecule has 100 valence electrons. The second-order valence-electron chi connectivity index (χ2n) is 6.66. The SMILES string of the molecule is O=C1CCC(=O)C12CCC(C1CCCCC1)CC2. The van der Waals surface area contributed by atoms with E-state index in [0.717, 1.165) is 37.5 Å². The third-order valence-corrected chi connectivity index (χ3v) is 5.85. The van der Waals surface area contributed by atoms with Gasteiger partial charge in [-0.1, -0.05) is 32.1 Å². The van der Waals surface area contributed by atoms with Crippen LogP contribution in [0.5, 0.6) is 0 Å². The molecule has 0 saturated heterocycles. The second kappa shape index (κ2) is 4.79. The highest BCUT2D eigenvalue weighted by Gasteiger charge is 2.51. The van der Waals surface area contributed by atoms with Crippen molar-refractivity contribution in [1.29, 1.82) is 0 Å². The molecule has 0 N–H and O–H groups in total. The zero-order valence-corrected chi connectivity index (χ0v) is 11.2. The molecule has 0 aromatic carbocycles. The molecule has 0 amide bonds. The molecule has 3 rings (SSSR count). The Morgan fingerprint density at radius 1 is 0.722 bits per heavy atom. The Hall–Kier alpha value is -0.660. The Bertz CT molecular complexity index is 326. The highest BCUT2D eigenvalue weighted by molar-refractivity contribution is 6.12. The highest BCUT2D eigenvalue weighted by Crippen LogP contribution is 2.49. The lowest BCUT2D eigenvalue weighted by Crippen LogP contribution is -2.38. The first kappa shape index (κ1) is 12.4. The molecule has 3 saturated carbocycles. The summed E-state index contributed by atoms with van der Waals surface area (Å²) in [5.41, 5.74) is -0.509. The number of rotatable bonds is 1. The molecular formula is C16H24O2. The standard InChI is InChI=1S/C16H24O2/c17-14-6-7-15(18)16(14)10-8-13(9-11-16)12-4-2-1-3-5-12/h12-13H,1-11H2. The number of hydrogen-bond donors (Lipinski definition) is 0. The van der Waals surface area contributed by atoms with Crippen molar-refractivity contribution in [2.75, 3.05) is 0 Å². The van der Waals surface area contributed by atoms with Crippen LogP contribution in [0, 0.1) is 17.3 Å². The molecule has 0 bridgehead atoms. The highest BCUT2D eigenvalue weighted by atomic mass is 16.2. The molecule has 0 aromatic heterocycles. The van der Waals surface area contributed by atoms with Gasteiger partial charge in [-0.2, -0.15) is 0 Å².